The van der Waals surface area contributed by atoms with Crippen molar-refractivity contribution in [3.8, 4) is 11.4 Å². The molecule has 3 aromatic rings. The number of thioether (sulfide) groups is 1. The average molecular weight is 497 g/mol. The monoisotopic (exact) mass is 496 g/mol. The van der Waals surface area contributed by atoms with E-state index in [0.717, 1.165) is 34.0 Å². The summed E-state index contributed by atoms with van der Waals surface area (Å²) in [5.41, 5.74) is 3.26. The first-order chi connectivity index (χ1) is 16.5. The highest BCUT2D eigenvalue weighted by molar-refractivity contribution is 7.99. The van der Waals surface area contributed by atoms with Crippen LogP contribution in [0.2, 0.25) is 5.02 Å². The van der Waals surface area contributed by atoms with E-state index in [1.807, 2.05) is 54.0 Å². The number of halogens is 1. The summed E-state index contributed by atoms with van der Waals surface area (Å²) < 4.78 is 13.1. The number of aromatic nitrogens is 1. The van der Waals surface area contributed by atoms with E-state index < -0.39 is 0 Å². The van der Waals surface area contributed by atoms with Crippen LogP contribution < -0.4 is 15.5 Å². The quantitative estimate of drug-likeness (QED) is 0.566. The number of nitrogens with one attached hydrogen (secondary N) is 1. The fourth-order valence-corrected chi connectivity index (χ4v) is 6.30. The summed E-state index contributed by atoms with van der Waals surface area (Å²) in [7, 11) is 1.65. The number of rotatable bonds is 4. The van der Waals surface area contributed by atoms with Crippen LogP contribution in [0.5, 0.6) is 5.75 Å². The van der Waals surface area contributed by atoms with Gasteiger partial charge in [-0.1, -0.05) is 29.8 Å². The number of para-hydroxylation sites is 1. The molecule has 2 aliphatic rings. The molecule has 5 rings (SSSR count). The minimum absolute atomic E-state index is 0.0925. The predicted molar refractivity (Wildman–Crippen MR) is 134 cm³/mol. The predicted octanol–water partition coefficient (Wildman–Crippen LogP) is 4.72. The van der Waals surface area contributed by atoms with E-state index in [2.05, 4.69) is 5.32 Å². The van der Waals surface area contributed by atoms with E-state index in [1.165, 1.54) is 6.07 Å². The average Bonchev–Trinajstić information content (AvgIpc) is 3.26. The number of amides is 1. The van der Waals surface area contributed by atoms with Gasteiger partial charge < -0.3 is 19.4 Å². The third kappa shape index (κ3) is 4.24. The summed E-state index contributed by atoms with van der Waals surface area (Å²) in [6, 6.07) is 15.0. The Morgan fingerprint density at radius 3 is 2.82 bits per heavy atom. The van der Waals surface area contributed by atoms with Gasteiger partial charge in [-0.05, 0) is 37.6 Å². The molecule has 0 radical (unpaired) electrons. The smallest absolute Gasteiger partial charge is 0.257 e. The topological polar surface area (TPSA) is 69.6 Å². The zero-order valence-electron chi connectivity index (χ0n) is 19.0. The van der Waals surface area contributed by atoms with Gasteiger partial charge in [-0.15, -0.1) is 11.8 Å². The van der Waals surface area contributed by atoms with Crippen molar-refractivity contribution < 1.29 is 14.3 Å². The molecule has 3 heterocycles. The van der Waals surface area contributed by atoms with Gasteiger partial charge >= 0.3 is 0 Å². The van der Waals surface area contributed by atoms with Gasteiger partial charge in [0.2, 0.25) is 0 Å². The molecule has 0 saturated carbocycles. The van der Waals surface area contributed by atoms with Crippen molar-refractivity contribution in [2.45, 2.75) is 36.0 Å². The molecule has 1 aromatic heterocycles. The van der Waals surface area contributed by atoms with Crippen LogP contribution in [-0.4, -0.2) is 36.8 Å². The van der Waals surface area contributed by atoms with Crippen LogP contribution in [0.1, 0.15) is 39.0 Å². The second kappa shape index (κ2) is 9.49. The zero-order chi connectivity index (χ0) is 23.8. The van der Waals surface area contributed by atoms with Crippen molar-refractivity contribution in [1.82, 2.24) is 9.88 Å². The first kappa shape index (κ1) is 23.0. The van der Waals surface area contributed by atoms with Crippen molar-refractivity contribution in [2.75, 3.05) is 20.3 Å². The molecule has 2 aliphatic heterocycles. The van der Waals surface area contributed by atoms with Gasteiger partial charge in [0, 0.05) is 51.2 Å². The number of benzene rings is 2. The van der Waals surface area contributed by atoms with Crippen LogP contribution >= 0.6 is 23.4 Å². The molecule has 1 N–H and O–H groups in total. The first-order valence-electron chi connectivity index (χ1n) is 11.2. The third-order valence-electron chi connectivity index (χ3n) is 6.29. The lowest BCUT2D eigenvalue weighted by Gasteiger charge is -2.21. The molecule has 2 unspecified atom stereocenters. The second-order valence-electron chi connectivity index (χ2n) is 8.51. The molecule has 1 fully saturated rings. The standard InChI is InChI=1S/C26H25ClN2O4S/c1-15-11-21(30)25(26(31)28-17-9-10-33-14-17)20-13-23(18-5-3-4-6-22(18)32-2)34-24-12-16(27)7-8-19(24)29(15)20/h3-8,11-12,17,23H,9-10,13-14H2,1-2H3,(H,28,31). The Morgan fingerprint density at radius 1 is 1.24 bits per heavy atom. The van der Waals surface area contributed by atoms with Gasteiger partial charge in [-0.2, -0.15) is 0 Å². The van der Waals surface area contributed by atoms with Crippen LogP contribution in [-0.2, 0) is 11.2 Å². The largest absolute Gasteiger partial charge is 0.496 e. The van der Waals surface area contributed by atoms with E-state index >= 15 is 0 Å². The summed E-state index contributed by atoms with van der Waals surface area (Å²) in [5.74, 6) is 0.409. The molecule has 8 heteroatoms. The van der Waals surface area contributed by atoms with Crippen LogP contribution in [0.15, 0.2) is 58.2 Å². The first-order valence-corrected chi connectivity index (χ1v) is 12.5. The molecule has 0 spiro atoms. The second-order valence-corrected chi connectivity index (χ2v) is 10.2. The van der Waals surface area contributed by atoms with Crippen LogP contribution in [0.3, 0.4) is 0 Å². The highest BCUT2D eigenvalue weighted by atomic mass is 35.5. The van der Waals surface area contributed by atoms with Gasteiger partial charge in [0.15, 0.2) is 5.43 Å². The van der Waals surface area contributed by atoms with E-state index in [-0.39, 0.29) is 28.2 Å². The highest BCUT2D eigenvalue weighted by Crippen LogP contribution is 2.47. The molecule has 176 valence electrons. The SMILES string of the molecule is COc1ccccc1C1Cc2c(C(=O)NC3CCOC3)c(=O)cc(C)n2-c2ccc(Cl)cc2S1. The van der Waals surface area contributed by atoms with Gasteiger partial charge in [0.25, 0.3) is 5.91 Å². The molecule has 0 bridgehead atoms. The number of nitrogens with zero attached hydrogens (tertiary/aromatic N) is 1. The lowest BCUT2D eigenvalue weighted by molar-refractivity contribution is 0.0927. The summed E-state index contributed by atoms with van der Waals surface area (Å²) in [6.07, 6.45) is 1.21. The molecule has 2 aromatic carbocycles. The number of fused-ring (bicyclic) bond motifs is 3. The highest BCUT2D eigenvalue weighted by Gasteiger charge is 2.31. The lowest BCUT2D eigenvalue weighted by atomic mass is 10.0. The molecular weight excluding hydrogens is 472 g/mol. The number of ether oxygens (including phenoxy) is 2. The lowest BCUT2D eigenvalue weighted by Crippen LogP contribution is -2.39. The van der Waals surface area contributed by atoms with Crippen molar-refractivity contribution in [3.63, 3.8) is 0 Å². The van der Waals surface area contributed by atoms with E-state index in [0.29, 0.717) is 30.4 Å². The van der Waals surface area contributed by atoms with Crippen molar-refractivity contribution in [3.05, 3.63) is 86.3 Å². The zero-order valence-corrected chi connectivity index (χ0v) is 20.5. The minimum Gasteiger partial charge on any atom is -0.496 e. The van der Waals surface area contributed by atoms with Crippen LogP contribution in [0.4, 0.5) is 0 Å². The molecule has 0 aliphatic carbocycles. The number of pyridine rings is 1. The van der Waals surface area contributed by atoms with Crippen molar-refractivity contribution >= 4 is 29.3 Å². The normalized spacial score (nSPS) is 19.1. The summed E-state index contributed by atoms with van der Waals surface area (Å²) >= 11 is 8.04. The summed E-state index contributed by atoms with van der Waals surface area (Å²) in [6.45, 7) is 2.96. The molecule has 1 saturated heterocycles. The number of hydrogen-bond acceptors (Lipinski definition) is 5. The molecule has 1 amide bonds. The van der Waals surface area contributed by atoms with Crippen LogP contribution in [0, 0.1) is 6.92 Å². The maximum absolute atomic E-state index is 13.4. The molecule has 2 atom stereocenters. The van der Waals surface area contributed by atoms with Crippen LogP contribution in [0.25, 0.3) is 5.69 Å². The fraction of sp³-hybridized carbons (Fsp3) is 0.308. The Hall–Kier alpha value is -2.74. The van der Waals surface area contributed by atoms with E-state index in [1.54, 1.807) is 18.9 Å². The Bertz CT molecular complexity index is 1320. The Kier molecular flexibility index (Phi) is 6.42. The van der Waals surface area contributed by atoms with Gasteiger partial charge in [-0.25, -0.2) is 0 Å². The van der Waals surface area contributed by atoms with Gasteiger partial charge in [0.1, 0.15) is 11.3 Å². The van der Waals surface area contributed by atoms with Gasteiger partial charge in [0.05, 0.1) is 25.4 Å². The Morgan fingerprint density at radius 2 is 2.06 bits per heavy atom. The molecule has 34 heavy (non-hydrogen) atoms. The summed E-state index contributed by atoms with van der Waals surface area (Å²) in [4.78, 5) is 27.6. The third-order valence-corrected chi connectivity index (χ3v) is 7.81. The Balaban J connectivity index is 1.71. The van der Waals surface area contributed by atoms with E-state index in [9.17, 15) is 9.59 Å². The van der Waals surface area contributed by atoms with E-state index in [4.69, 9.17) is 21.1 Å². The molecule has 6 nitrogen and oxygen atoms in total. The number of hydrogen-bond donors (Lipinski definition) is 1. The maximum Gasteiger partial charge on any atom is 0.257 e. The summed E-state index contributed by atoms with van der Waals surface area (Å²) in [5, 5.41) is 3.54. The van der Waals surface area contributed by atoms with Crippen molar-refractivity contribution in [2.24, 2.45) is 0 Å². The molecular formula is C26H25ClN2O4S. The van der Waals surface area contributed by atoms with Crippen molar-refractivity contribution in [1.29, 1.82) is 0 Å². The van der Waals surface area contributed by atoms with Gasteiger partial charge in [-0.3, -0.25) is 9.59 Å². The fourth-order valence-electron chi connectivity index (χ4n) is 4.71. The maximum atomic E-state index is 13.4. The number of aryl methyl sites for hydroxylation is 1. The number of carbonyl (C=O) groups excluding carboxylic acids is 1. The number of carbonyl (C=O) groups is 1. The minimum atomic E-state index is -0.356. The number of methoxy groups -OCH3 is 1. The Labute approximate surface area is 207 Å².